The first-order valence-electron chi connectivity index (χ1n) is 5.97. The quantitative estimate of drug-likeness (QED) is 0.876. The summed E-state index contributed by atoms with van der Waals surface area (Å²) < 4.78 is 26.0. The van der Waals surface area contributed by atoms with Gasteiger partial charge >= 0.3 is 0 Å². The summed E-state index contributed by atoms with van der Waals surface area (Å²) in [6.45, 7) is 1.85. The van der Waals surface area contributed by atoms with Crippen molar-refractivity contribution in [1.29, 1.82) is 0 Å². The van der Waals surface area contributed by atoms with Crippen LogP contribution in [0.1, 0.15) is 18.9 Å². The Balaban J connectivity index is 2.17. The van der Waals surface area contributed by atoms with Crippen molar-refractivity contribution in [2.24, 2.45) is 0 Å². The Hall–Kier alpha value is -1.98. The Labute approximate surface area is 109 Å². The van der Waals surface area contributed by atoms with Gasteiger partial charge in [0.15, 0.2) is 11.6 Å². The molecular formula is C13H14F2N2O2. The Bertz CT molecular complexity index is 519. The molecule has 2 amide bonds. The highest BCUT2D eigenvalue weighted by molar-refractivity contribution is 5.87. The van der Waals surface area contributed by atoms with Gasteiger partial charge in [0.2, 0.25) is 11.8 Å². The van der Waals surface area contributed by atoms with Gasteiger partial charge in [-0.3, -0.25) is 9.59 Å². The molecule has 1 unspecified atom stereocenters. The number of amides is 2. The van der Waals surface area contributed by atoms with Crippen LogP contribution >= 0.6 is 0 Å². The molecule has 1 aromatic rings. The number of hydrogen-bond donors (Lipinski definition) is 1. The van der Waals surface area contributed by atoms with E-state index in [0.29, 0.717) is 5.56 Å². The maximum atomic E-state index is 13.1. The number of rotatable bonds is 2. The predicted octanol–water partition coefficient (Wildman–Crippen LogP) is 1.20. The summed E-state index contributed by atoms with van der Waals surface area (Å²) in [5.74, 6) is -2.28. The monoisotopic (exact) mass is 268 g/mol. The van der Waals surface area contributed by atoms with Crippen molar-refractivity contribution in [3.8, 4) is 0 Å². The van der Waals surface area contributed by atoms with Gasteiger partial charge in [-0.25, -0.2) is 8.78 Å². The van der Waals surface area contributed by atoms with Crippen LogP contribution in [0.15, 0.2) is 18.2 Å². The van der Waals surface area contributed by atoms with Crippen molar-refractivity contribution in [2.45, 2.75) is 25.9 Å². The lowest BCUT2D eigenvalue weighted by Crippen LogP contribution is -2.39. The number of hydrogen-bond acceptors (Lipinski definition) is 2. The van der Waals surface area contributed by atoms with Crippen LogP contribution in [-0.4, -0.2) is 29.3 Å². The molecule has 0 saturated carbocycles. The second kappa shape index (κ2) is 5.34. The molecule has 1 aliphatic heterocycles. The van der Waals surface area contributed by atoms with Gasteiger partial charge in [-0.05, 0) is 24.6 Å². The lowest BCUT2D eigenvalue weighted by Gasteiger charge is -2.26. The summed E-state index contributed by atoms with van der Waals surface area (Å²) in [4.78, 5) is 24.7. The molecule has 0 radical (unpaired) electrons. The predicted molar refractivity (Wildman–Crippen MR) is 64.0 cm³/mol. The van der Waals surface area contributed by atoms with Gasteiger partial charge in [-0.15, -0.1) is 0 Å². The van der Waals surface area contributed by atoms with E-state index in [1.807, 2.05) is 0 Å². The Morgan fingerprint density at radius 1 is 1.32 bits per heavy atom. The third kappa shape index (κ3) is 3.07. The fourth-order valence-electron chi connectivity index (χ4n) is 2.05. The van der Waals surface area contributed by atoms with E-state index in [9.17, 15) is 18.4 Å². The van der Waals surface area contributed by atoms with Gasteiger partial charge in [0.1, 0.15) is 0 Å². The molecule has 1 heterocycles. The summed E-state index contributed by atoms with van der Waals surface area (Å²) >= 11 is 0. The molecule has 1 N–H and O–H groups in total. The molecular weight excluding hydrogens is 254 g/mol. The zero-order chi connectivity index (χ0) is 14.0. The van der Waals surface area contributed by atoms with Gasteiger partial charge in [-0.1, -0.05) is 6.07 Å². The number of nitrogens with zero attached hydrogens (tertiary/aromatic N) is 1. The van der Waals surface area contributed by atoms with Crippen LogP contribution in [0.25, 0.3) is 0 Å². The van der Waals surface area contributed by atoms with Crippen molar-refractivity contribution in [1.82, 2.24) is 10.2 Å². The molecule has 0 aromatic heterocycles. The van der Waals surface area contributed by atoms with E-state index in [2.05, 4.69) is 5.32 Å². The molecule has 1 fully saturated rings. The summed E-state index contributed by atoms with van der Waals surface area (Å²) in [5, 5.41) is 2.50. The molecule has 2 rings (SSSR count). The summed E-state index contributed by atoms with van der Waals surface area (Å²) in [7, 11) is 0. The molecule has 6 heteroatoms. The normalized spacial score (nSPS) is 20.2. The van der Waals surface area contributed by atoms with Crippen LogP contribution in [0.4, 0.5) is 8.78 Å². The van der Waals surface area contributed by atoms with Crippen molar-refractivity contribution in [3.63, 3.8) is 0 Å². The third-order valence-electron chi connectivity index (χ3n) is 3.11. The Morgan fingerprint density at radius 2 is 2.05 bits per heavy atom. The minimum absolute atomic E-state index is 0.0626. The topological polar surface area (TPSA) is 49.4 Å². The fourth-order valence-corrected chi connectivity index (χ4v) is 2.05. The standard InChI is InChI=1S/C13H14F2N2O2/c1-8-4-12(18)16-6-13(19)17(8)7-9-2-3-10(14)11(15)5-9/h2-3,5,8H,4,6-7H2,1H3,(H,16,18). The number of nitrogens with one attached hydrogen (secondary N) is 1. The van der Waals surface area contributed by atoms with Crippen molar-refractivity contribution in [2.75, 3.05) is 6.54 Å². The van der Waals surface area contributed by atoms with E-state index in [1.54, 1.807) is 6.92 Å². The van der Waals surface area contributed by atoms with Crippen molar-refractivity contribution in [3.05, 3.63) is 35.4 Å². The number of carbonyl (C=O) groups excluding carboxylic acids is 2. The minimum atomic E-state index is -0.943. The molecule has 0 spiro atoms. The van der Waals surface area contributed by atoms with E-state index < -0.39 is 11.6 Å². The van der Waals surface area contributed by atoms with Crippen LogP contribution in [0.5, 0.6) is 0 Å². The van der Waals surface area contributed by atoms with Crippen molar-refractivity contribution >= 4 is 11.8 Å². The van der Waals surface area contributed by atoms with E-state index in [-0.39, 0.29) is 37.4 Å². The summed E-state index contributed by atoms with van der Waals surface area (Å²) in [6, 6.07) is 3.25. The first kappa shape index (κ1) is 13.5. The third-order valence-corrected chi connectivity index (χ3v) is 3.11. The second-order valence-electron chi connectivity index (χ2n) is 4.60. The van der Waals surface area contributed by atoms with Crippen LogP contribution in [0, 0.1) is 11.6 Å². The van der Waals surface area contributed by atoms with Crippen LogP contribution < -0.4 is 5.32 Å². The molecule has 0 bridgehead atoms. The molecule has 4 nitrogen and oxygen atoms in total. The molecule has 1 aromatic carbocycles. The first-order chi connectivity index (χ1) is 8.97. The highest BCUT2D eigenvalue weighted by Crippen LogP contribution is 2.15. The van der Waals surface area contributed by atoms with Gasteiger partial charge < -0.3 is 10.2 Å². The first-order valence-corrected chi connectivity index (χ1v) is 5.97. The van der Waals surface area contributed by atoms with E-state index >= 15 is 0 Å². The van der Waals surface area contributed by atoms with Crippen LogP contribution in [0.2, 0.25) is 0 Å². The SMILES string of the molecule is CC1CC(=O)NCC(=O)N1Cc1ccc(F)c(F)c1. The highest BCUT2D eigenvalue weighted by Gasteiger charge is 2.26. The largest absolute Gasteiger partial charge is 0.347 e. The van der Waals surface area contributed by atoms with Gasteiger partial charge in [-0.2, -0.15) is 0 Å². The average Bonchev–Trinajstić information content (AvgIpc) is 2.47. The van der Waals surface area contributed by atoms with Gasteiger partial charge in [0.05, 0.1) is 6.54 Å². The Kier molecular flexibility index (Phi) is 3.78. The van der Waals surface area contributed by atoms with E-state index in [4.69, 9.17) is 0 Å². The second-order valence-corrected chi connectivity index (χ2v) is 4.60. The Morgan fingerprint density at radius 3 is 2.74 bits per heavy atom. The molecule has 102 valence electrons. The molecule has 1 atom stereocenters. The van der Waals surface area contributed by atoms with Crippen molar-refractivity contribution < 1.29 is 18.4 Å². The zero-order valence-corrected chi connectivity index (χ0v) is 10.5. The van der Waals surface area contributed by atoms with Gasteiger partial charge in [0, 0.05) is 19.0 Å². The highest BCUT2D eigenvalue weighted by atomic mass is 19.2. The maximum absolute atomic E-state index is 13.1. The van der Waals surface area contributed by atoms with Gasteiger partial charge in [0.25, 0.3) is 0 Å². The summed E-state index contributed by atoms with van der Waals surface area (Å²) in [6.07, 6.45) is 0.204. The molecule has 19 heavy (non-hydrogen) atoms. The zero-order valence-electron chi connectivity index (χ0n) is 10.5. The minimum Gasteiger partial charge on any atom is -0.347 e. The smallest absolute Gasteiger partial charge is 0.242 e. The summed E-state index contributed by atoms with van der Waals surface area (Å²) in [5.41, 5.74) is 0.494. The number of halogens is 2. The molecule has 1 saturated heterocycles. The number of carbonyl (C=O) groups is 2. The van der Waals surface area contributed by atoms with E-state index in [0.717, 1.165) is 12.1 Å². The van der Waals surface area contributed by atoms with Crippen LogP contribution in [-0.2, 0) is 16.1 Å². The lowest BCUT2D eigenvalue weighted by atomic mass is 10.1. The average molecular weight is 268 g/mol. The lowest BCUT2D eigenvalue weighted by molar-refractivity contribution is -0.132. The van der Waals surface area contributed by atoms with Crippen LogP contribution in [0.3, 0.4) is 0 Å². The molecule has 1 aliphatic rings. The number of benzene rings is 1. The fraction of sp³-hybridized carbons (Fsp3) is 0.385. The maximum Gasteiger partial charge on any atom is 0.242 e. The van der Waals surface area contributed by atoms with E-state index in [1.165, 1.54) is 11.0 Å². The molecule has 0 aliphatic carbocycles.